The van der Waals surface area contributed by atoms with Gasteiger partial charge in [0.15, 0.2) is 5.69 Å². The number of rotatable bonds is 5. The fourth-order valence-corrected chi connectivity index (χ4v) is 3.34. The van der Waals surface area contributed by atoms with Crippen LogP contribution in [0.25, 0.3) is 10.8 Å². The van der Waals surface area contributed by atoms with Crippen LogP contribution in [0.1, 0.15) is 30.8 Å². The van der Waals surface area contributed by atoms with Crippen LogP contribution < -0.4 is 10.9 Å². The maximum absolute atomic E-state index is 13.0. The first-order valence-corrected chi connectivity index (χ1v) is 9.67. The van der Waals surface area contributed by atoms with Gasteiger partial charge in [0.05, 0.1) is 11.9 Å². The molecule has 1 N–H and O–H groups in total. The van der Waals surface area contributed by atoms with Gasteiger partial charge in [-0.15, -0.1) is 0 Å². The van der Waals surface area contributed by atoms with Crippen molar-refractivity contribution in [2.24, 2.45) is 7.05 Å². The molecule has 150 valence electrons. The molecule has 1 aromatic heterocycles. The molecule has 2 aromatic rings. The largest absolute Gasteiger partial charge is 0.353 e. The molecule has 8 heteroatoms. The summed E-state index contributed by atoms with van der Waals surface area (Å²) in [5.74, 6) is -0.171. The van der Waals surface area contributed by atoms with Crippen molar-refractivity contribution >= 4 is 22.6 Å². The fourth-order valence-electron chi connectivity index (χ4n) is 3.34. The standard InChI is InChI=1S/C20H27N5O3/c1-4-14(2)21-17(26)13-24-9-11-25(12-10-24)20(28)18-15-7-5-6-8-16(15)19(27)23(3)22-18/h5-8,14H,4,9-13H2,1-3H3,(H,21,26). The summed E-state index contributed by atoms with van der Waals surface area (Å²) in [6, 6.07) is 7.21. The van der Waals surface area contributed by atoms with Crippen molar-refractivity contribution in [3.05, 3.63) is 40.3 Å². The molecule has 0 aliphatic carbocycles. The summed E-state index contributed by atoms with van der Waals surface area (Å²) in [5, 5.41) is 8.25. The van der Waals surface area contributed by atoms with Gasteiger partial charge in [0.1, 0.15) is 0 Å². The Balaban J connectivity index is 1.68. The maximum Gasteiger partial charge on any atom is 0.275 e. The highest BCUT2D eigenvalue weighted by molar-refractivity contribution is 6.04. The molecule has 0 radical (unpaired) electrons. The fraction of sp³-hybridized carbons (Fsp3) is 0.500. The number of amides is 2. The van der Waals surface area contributed by atoms with E-state index in [1.165, 1.54) is 4.68 Å². The first kappa shape index (κ1) is 20.0. The molecule has 1 aromatic carbocycles. The van der Waals surface area contributed by atoms with Crippen LogP contribution in [-0.2, 0) is 11.8 Å². The van der Waals surface area contributed by atoms with Gasteiger partial charge in [-0.3, -0.25) is 19.3 Å². The summed E-state index contributed by atoms with van der Waals surface area (Å²) in [6.45, 7) is 6.66. The number of aryl methyl sites for hydroxylation is 1. The molecule has 0 bridgehead atoms. The number of carbonyl (C=O) groups is 2. The van der Waals surface area contributed by atoms with Crippen molar-refractivity contribution in [1.29, 1.82) is 0 Å². The average Bonchev–Trinajstić information content (AvgIpc) is 2.70. The molecule has 0 saturated carbocycles. The van der Waals surface area contributed by atoms with Crippen molar-refractivity contribution in [3.63, 3.8) is 0 Å². The molecule has 1 unspecified atom stereocenters. The molecule has 8 nitrogen and oxygen atoms in total. The Kier molecular flexibility index (Phi) is 6.08. The van der Waals surface area contributed by atoms with Crippen molar-refractivity contribution in [3.8, 4) is 0 Å². The number of carbonyl (C=O) groups excluding carboxylic acids is 2. The van der Waals surface area contributed by atoms with Crippen LogP contribution in [-0.4, -0.2) is 70.2 Å². The molecule has 1 saturated heterocycles. The molecule has 1 aliphatic rings. The van der Waals surface area contributed by atoms with Crippen LogP contribution in [0.2, 0.25) is 0 Å². The van der Waals surface area contributed by atoms with Crippen molar-refractivity contribution in [1.82, 2.24) is 24.9 Å². The minimum Gasteiger partial charge on any atom is -0.353 e. The summed E-state index contributed by atoms with van der Waals surface area (Å²) in [6.07, 6.45) is 0.897. The first-order chi connectivity index (χ1) is 13.4. The predicted octanol–water partition coefficient (Wildman–Crippen LogP) is 0.606. The maximum atomic E-state index is 13.0. The second kappa shape index (κ2) is 8.52. The molecule has 2 amide bonds. The highest BCUT2D eigenvalue weighted by atomic mass is 16.2. The van der Waals surface area contributed by atoms with E-state index in [-0.39, 0.29) is 23.4 Å². The number of piperazine rings is 1. The Hall–Kier alpha value is -2.74. The summed E-state index contributed by atoms with van der Waals surface area (Å²) in [5.41, 5.74) is 0.0740. The molecule has 1 atom stereocenters. The zero-order chi connectivity index (χ0) is 20.3. The monoisotopic (exact) mass is 385 g/mol. The highest BCUT2D eigenvalue weighted by Crippen LogP contribution is 2.16. The number of hydrogen-bond donors (Lipinski definition) is 1. The summed E-state index contributed by atoms with van der Waals surface area (Å²) < 4.78 is 1.21. The average molecular weight is 385 g/mol. The van der Waals surface area contributed by atoms with Crippen LogP contribution in [0.3, 0.4) is 0 Å². The minimum absolute atomic E-state index is 0.0137. The number of hydrogen-bond acceptors (Lipinski definition) is 5. The van der Waals surface area contributed by atoms with E-state index >= 15 is 0 Å². The third-order valence-electron chi connectivity index (χ3n) is 5.21. The quantitative estimate of drug-likeness (QED) is 0.815. The van der Waals surface area contributed by atoms with Gasteiger partial charge < -0.3 is 10.2 Å². The number of aromatic nitrogens is 2. The molecule has 1 fully saturated rings. The van der Waals surface area contributed by atoms with Gasteiger partial charge in [-0.2, -0.15) is 5.10 Å². The van der Waals surface area contributed by atoms with Gasteiger partial charge in [0, 0.05) is 44.7 Å². The molecular weight excluding hydrogens is 358 g/mol. The summed E-state index contributed by atoms with van der Waals surface area (Å²) in [4.78, 5) is 41.1. The number of fused-ring (bicyclic) bond motifs is 1. The van der Waals surface area contributed by atoms with Gasteiger partial charge in [0.25, 0.3) is 11.5 Å². The van der Waals surface area contributed by atoms with E-state index in [0.717, 1.165) is 6.42 Å². The predicted molar refractivity (Wildman–Crippen MR) is 107 cm³/mol. The highest BCUT2D eigenvalue weighted by Gasteiger charge is 2.26. The molecule has 1 aliphatic heterocycles. The zero-order valence-corrected chi connectivity index (χ0v) is 16.6. The van der Waals surface area contributed by atoms with Crippen molar-refractivity contribution in [2.75, 3.05) is 32.7 Å². The van der Waals surface area contributed by atoms with E-state index in [1.807, 2.05) is 18.7 Å². The topological polar surface area (TPSA) is 87.5 Å². The Morgan fingerprint density at radius 3 is 2.43 bits per heavy atom. The van der Waals surface area contributed by atoms with Crippen LogP contribution >= 0.6 is 0 Å². The van der Waals surface area contributed by atoms with Crippen LogP contribution in [0, 0.1) is 0 Å². The van der Waals surface area contributed by atoms with Gasteiger partial charge in [0.2, 0.25) is 5.91 Å². The Bertz CT molecular complexity index is 931. The number of nitrogens with one attached hydrogen (secondary N) is 1. The zero-order valence-electron chi connectivity index (χ0n) is 16.6. The van der Waals surface area contributed by atoms with Gasteiger partial charge in [-0.05, 0) is 19.4 Å². The lowest BCUT2D eigenvalue weighted by atomic mass is 10.1. The lowest BCUT2D eigenvalue weighted by molar-refractivity contribution is -0.123. The van der Waals surface area contributed by atoms with E-state index in [4.69, 9.17) is 0 Å². The second-order valence-electron chi connectivity index (χ2n) is 7.27. The van der Waals surface area contributed by atoms with Crippen LogP contribution in [0.4, 0.5) is 0 Å². The normalized spacial score (nSPS) is 16.2. The lowest BCUT2D eigenvalue weighted by Crippen LogP contribution is -2.52. The molecule has 28 heavy (non-hydrogen) atoms. The third kappa shape index (κ3) is 4.22. The number of benzene rings is 1. The van der Waals surface area contributed by atoms with Crippen molar-refractivity contribution < 1.29 is 9.59 Å². The SMILES string of the molecule is CCC(C)NC(=O)CN1CCN(C(=O)c2nn(C)c(=O)c3ccccc23)CC1. The first-order valence-electron chi connectivity index (χ1n) is 9.67. The summed E-state index contributed by atoms with van der Waals surface area (Å²) in [7, 11) is 1.55. The van der Waals surface area contributed by atoms with Crippen molar-refractivity contribution in [2.45, 2.75) is 26.3 Å². The van der Waals surface area contributed by atoms with E-state index in [9.17, 15) is 14.4 Å². The number of nitrogens with zero attached hydrogens (tertiary/aromatic N) is 4. The van der Waals surface area contributed by atoms with E-state index in [0.29, 0.717) is 49.2 Å². The molecule has 3 rings (SSSR count). The van der Waals surface area contributed by atoms with Gasteiger partial charge in [-0.1, -0.05) is 25.1 Å². The van der Waals surface area contributed by atoms with Crippen LogP contribution in [0.15, 0.2) is 29.1 Å². The van der Waals surface area contributed by atoms with E-state index < -0.39 is 0 Å². The summed E-state index contributed by atoms with van der Waals surface area (Å²) >= 11 is 0. The van der Waals surface area contributed by atoms with E-state index in [2.05, 4.69) is 10.4 Å². The van der Waals surface area contributed by atoms with Gasteiger partial charge >= 0.3 is 0 Å². The lowest BCUT2D eigenvalue weighted by Gasteiger charge is -2.34. The third-order valence-corrected chi connectivity index (χ3v) is 5.21. The van der Waals surface area contributed by atoms with Crippen LogP contribution in [0.5, 0.6) is 0 Å². The Morgan fingerprint density at radius 2 is 1.79 bits per heavy atom. The molecule has 2 heterocycles. The minimum atomic E-state index is -0.218. The second-order valence-corrected chi connectivity index (χ2v) is 7.27. The Morgan fingerprint density at radius 1 is 1.14 bits per heavy atom. The van der Waals surface area contributed by atoms with E-state index in [1.54, 1.807) is 36.2 Å². The molecule has 0 spiro atoms. The van der Waals surface area contributed by atoms with Gasteiger partial charge in [-0.25, -0.2) is 4.68 Å². The molecular formula is C20H27N5O3. The Labute approximate surface area is 164 Å². The smallest absolute Gasteiger partial charge is 0.275 e.